The number of anilines is 1. The first kappa shape index (κ1) is 12.8. The van der Waals surface area contributed by atoms with Crippen molar-refractivity contribution < 1.29 is 9.18 Å². The van der Waals surface area contributed by atoms with E-state index in [-0.39, 0.29) is 17.8 Å². The van der Waals surface area contributed by atoms with Crippen LogP contribution in [-0.4, -0.2) is 11.9 Å². The average Bonchev–Trinajstić information content (AvgIpc) is 2.82. The van der Waals surface area contributed by atoms with E-state index in [0.717, 1.165) is 8.66 Å². The zero-order chi connectivity index (χ0) is 13.6. The van der Waals surface area contributed by atoms with Gasteiger partial charge in [-0.15, -0.1) is 11.3 Å². The second-order valence-corrected chi connectivity index (χ2v) is 6.79. The summed E-state index contributed by atoms with van der Waals surface area (Å²) in [5, 5.41) is 0. The molecule has 0 unspecified atom stereocenters. The molecule has 0 saturated carbocycles. The first-order valence-corrected chi connectivity index (χ1v) is 7.28. The fourth-order valence-corrected chi connectivity index (χ4v) is 3.76. The Bertz CT molecular complexity index is 628. The number of nitrogens with two attached hydrogens (primary N) is 1. The lowest BCUT2D eigenvalue weighted by molar-refractivity contribution is -0.126. The van der Waals surface area contributed by atoms with Crippen molar-refractivity contribution in [2.45, 2.75) is 12.1 Å². The van der Waals surface area contributed by atoms with Crippen molar-refractivity contribution in [2.24, 2.45) is 5.73 Å². The monoisotopic (exact) mass is 340 g/mol. The van der Waals surface area contributed by atoms with Crippen molar-refractivity contribution in [1.82, 2.24) is 0 Å². The molecule has 2 atom stereocenters. The Morgan fingerprint density at radius 1 is 1.21 bits per heavy atom. The lowest BCUT2D eigenvalue weighted by atomic mass is 9.93. The zero-order valence-electron chi connectivity index (χ0n) is 9.72. The van der Waals surface area contributed by atoms with Crippen LogP contribution < -0.4 is 10.6 Å². The Hall–Kier alpha value is -1.24. The minimum atomic E-state index is -0.532. The fourth-order valence-electron chi connectivity index (χ4n) is 2.19. The highest BCUT2D eigenvalue weighted by molar-refractivity contribution is 9.11. The molecule has 1 aromatic heterocycles. The molecule has 1 aliphatic heterocycles. The van der Waals surface area contributed by atoms with E-state index in [4.69, 9.17) is 5.73 Å². The topological polar surface area (TPSA) is 46.3 Å². The minimum absolute atomic E-state index is 0.138. The number of β-lactam (4-membered cyclic amide) rings is 1. The molecule has 1 fully saturated rings. The molecule has 1 aliphatic rings. The van der Waals surface area contributed by atoms with E-state index >= 15 is 0 Å². The highest BCUT2D eigenvalue weighted by Crippen LogP contribution is 2.41. The number of benzene rings is 1. The van der Waals surface area contributed by atoms with Gasteiger partial charge in [-0.1, -0.05) is 0 Å². The van der Waals surface area contributed by atoms with Gasteiger partial charge in [0.05, 0.1) is 9.83 Å². The van der Waals surface area contributed by atoms with Crippen molar-refractivity contribution >= 4 is 38.9 Å². The third-order valence-electron chi connectivity index (χ3n) is 3.13. The fraction of sp³-hybridized carbons (Fsp3) is 0.154. The summed E-state index contributed by atoms with van der Waals surface area (Å²) in [6.07, 6.45) is 0. The standard InChI is InChI=1S/C13H10BrFN2OS/c14-10-6-5-9(19-10)12-11(16)13(18)17(12)8-3-1-7(15)2-4-8/h1-6,11-12H,16H2/t11-,12+/m1/s1. The van der Waals surface area contributed by atoms with Gasteiger partial charge in [-0.3, -0.25) is 4.79 Å². The molecule has 0 spiro atoms. The number of carbonyl (C=O) groups is 1. The van der Waals surface area contributed by atoms with Crippen molar-refractivity contribution in [3.63, 3.8) is 0 Å². The van der Waals surface area contributed by atoms with Crippen LogP contribution in [0, 0.1) is 5.82 Å². The molecule has 3 rings (SSSR count). The van der Waals surface area contributed by atoms with Crippen molar-refractivity contribution in [1.29, 1.82) is 0 Å². The summed E-state index contributed by atoms with van der Waals surface area (Å²) in [6.45, 7) is 0. The van der Waals surface area contributed by atoms with E-state index in [1.54, 1.807) is 28.4 Å². The van der Waals surface area contributed by atoms with Gasteiger partial charge >= 0.3 is 0 Å². The maximum absolute atomic E-state index is 12.9. The molecule has 2 N–H and O–H groups in total. The predicted molar refractivity (Wildman–Crippen MR) is 76.6 cm³/mol. The first-order valence-electron chi connectivity index (χ1n) is 5.67. The van der Waals surface area contributed by atoms with Gasteiger partial charge in [-0.25, -0.2) is 4.39 Å². The van der Waals surface area contributed by atoms with E-state index in [2.05, 4.69) is 15.9 Å². The van der Waals surface area contributed by atoms with Gasteiger partial charge in [-0.2, -0.15) is 0 Å². The SMILES string of the molecule is N[C@H]1C(=O)N(c2ccc(F)cc2)[C@H]1c1ccc(Br)s1. The largest absolute Gasteiger partial charge is 0.318 e. The van der Waals surface area contributed by atoms with Gasteiger partial charge in [0, 0.05) is 10.6 Å². The Labute approximate surface area is 122 Å². The van der Waals surface area contributed by atoms with Crippen LogP contribution >= 0.6 is 27.3 Å². The summed E-state index contributed by atoms with van der Waals surface area (Å²) < 4.78 is 13.9. The van der Waals surface area contributed by atoms with Crippen LogP contribution in [0.2, 0.25) is 0 Å². The summed E-state index contributed by atoms with van der Waals surface area (Å²) >= 11 is 4.95. The Kier molecular flexibility index (Phi) is 3.16. The van der Waals surface area contributed by atoms with Gasteiger partial charge in [0.1, 0.15) is 11.9 Å². The highest BCUT2D eigenvalue weighted by atomic mass is 79.9. The van der Waals surface area contributed by atoms with Gasteiger partial charge in [0.15, 0.2) is 0 Å². The Balaban J connectivity index is 1.95. The van der Waals surface area contributed by atoms with Crippen LogP contribution in [0.25, 0.3) is 0 Å². The van der Waals surface area contributed by atoms with Crippen LogP contribution in [0.15, 0.2) is 40.2 Å². The maximum atomic E-state index is 12.9. The van der Waals surface area contributed by atoms with Crippen LogP contribution in [0.5, 0.6) is 0 Å². The molecule has 1 aromatic carbocycles. The average molecular weight is 341 g/mol. The number of hydrogen-bond acceptors (Lipinski definition) is 3. The van der Waals surface area contributed by atoms with Gasteiger partial charge in [0.25, 0.3) is 0 Å². The van der Waals surface area contributed by atoms with Crippen LogP contribution in [0.1, 0.15) is 10.9 Å². The third-order valence-corrected chi connectivity index (χ3v) is 4.83. The molecule has 2 aromatic rings. The van der Waals surface area contributed by atoms with Gasteiger partial charge in [-0.05, 0) is 52.3 Å². The van der Waals surface area contributed by atoms with Crippen molar-refractivity contribution in [3.05, 3.63) is 50.9 Å². The van der Waals surface area contributed by atoms with Gasteiger partial charge in [0.2, 0.25) is 5.91 Å². The number of hydrogen-bond donors (Lipinski definition) is 1. The number of thiophene rings is 1. The summed E-state index contributed by atoms with van der Waals surface area (Å²) in [5.41, 5.74) is 6.56. The van der Waals surface area contributed by atoms with Crippen LogP contribution in [0.3, 0.4) is 0 Å². The quantitative estimate of drug-likeness (QED) is 0.854. The first-order chi connectivity index (χ1) is 9.08. The third kappa shape index (κ3) is 2.09. The number of rotatable bonds is 2. The molecule has 98 valence electrons. The van der Waals surface area contributed by atoms with Gasteiger partial charge < -0.3 is 10.6 Å². The van der Waals surface area contributed by atoms with Crippen LogP contribution in [-0.2, 0) is 4.79 Å². The summed E-state index contributed by atoms with van der Waals surface area (Å²) in [4.78, 5) is 14.6. The number of halogens is 2. The Morgan fingerprint density at radius 3 is 2.47 bits per heavy atom. The molecule has 0 bridgehead atoms. The summed E-state index contributed by atoms with van der Waals surface area (Å²) in [6, 6.07) is 9.04. The minimum Gasteiger partial charge on any atom is -0.318 e. The molecular formula is C13H10BrFN2OS. The predicted octanol–water partition coefficient (Wildman–Crippen LogP) is 3.06. The Morgan fingerprint density at radius 2 is 1.89 bits per heavy atom. The smallest absolute Gasteiger partial charge is 0.247 e. The molecule has 19 heavy (non-hydrogen) atoms. The van der Waals surface area contributed by atoms with E-state index in [9.17, 15) is 9.18 Å². The second kappa shape index (κ2) is 4.70. The molecule has 0 aliphatic carbocycles. The summed E-state index contributed by atoms with van der Waals surface area (Å²) in [7, 11) is 0. The second-order valence-electron chi connectivity index (χ2n) is 4.30. The molecule has 1 saturated heterocycles. The van der Waals surface area contributed by atoms with E-state index < -0.39 is 6.04 Å². The highest BCUT2D eigenvalue weighted by Gasteiger charge is 2.47. The summed E-state index contributed by atoms with van der Waals surface area (Å²) in [5.74, 6) is -0.461. The number of nitrogens with zero attached hydrogens (tertiary/aromatic N) is 1. The number of amides is 1. The van der Waals surface area contributed by atoms with Crippen molar-refractivity contribution in [3.8, 4) is 0 Å². The number of carbonyl (C=O) groups excluding carboxylic acids is 1. The molecule has 1 amide bonds. The normalized spacial score (nSPS) is 22.5. The zero-order valence-corrected chi connectivity index (χ0v) is 12.1. The molecule has 3 nitrogen and oxygen atoms in total. The van der Waals surface area contributed by atoms with E-state index in [0.29, 0.717) is 5.69 Å². The van der Waals surface area contributed by atoms with Crippen molar-refractivity contribution in [2.75, 3.05) is 4.90 Å². The molecule has 0 radical (unpaired) electrons. The lowest BCUT2D eigenvalue weighted by Crippen LogP contribution is -2.63. The van der Waals surface area contributed by atoms with Crippen LogP contribution in [0.4, 0.5) is 10.1 Å². The molecule has 6 heteroatoms. The lowest BCUT2D eigenvalue weighted by Gasteiger charge is -2.44. The molecule has 2 heterocycles. The maximum Gasteiger partial charge on any atom is 0.247 e. The van der Waals surface area contributed by atoms with E-state index in [1.165, 1.54) is 12.1 Å². The van der Waals surface area contributed by atoms with E-state index in [1.807, 2.05) is 12.1 Å². The molecular weight excluding hydrogens is 331 g/mol.